The van der Waals surface area contributed by atoms with Gasteiger partial charge >= 0.3 is 0 Å². The topological polar surface area (TPSA) is 0 Å². The van der Waals surface area contributed by atoms with Gasteiger partial charge in [-0.3, -0.25) is 0 Å². The van der Waals surface area contributed by atoms with Crippen LogP contribution < -0.4 is 0 Å². The molecule has 0 amide bonds. The molecule has 0 aromatic carbocycles. The molecule has 15 heavy (non-hydrogen) atoms. The first-order valence-corrected chi connectivity index (χ1v) is 7.24. The van der Waals surface area contributed by atoms with Gasteiger partial charge in [0.1, 0.15) is 0 Å². The monoisotopic (exact) mass is 214 g/mol. The van der Waals surface area contributed by atoms with Gasteiger partial charge in [0.15, 0.2) is 0 Å². The molecule has 0 aromatic rings. The number of hydrogen-bond donors (Lipinski definition) is 0. The summed E-state index contributed by atoms with van der Waals surface area (Å²) in [5.74, 6) is 3.01. The highest BCUT2D eigenvalue weighted by atomic mass is 14.3. The number of hydrogen-bond acceptors (Lipinski definition) is 0. The SMILES string of the molecule is CC.CC.CC[C@H]1CCCC(C(C)C)C1. The predicted octanol–water partition coefficient (Wildman–Crippen LogP) is 5.91. The van der Waals surface area contributed by atoms with E-state index in [4.69, 9.17) is 0 Å². The standard InChI is InChI=1S/C11H22.2C2H6/c1-4-10-6-5-7-11(8-10)9(2)3;2*1-2/h9-11H,4-8H2,1-3H3;2*1-2H3/t10-,11?;;/m0../s1. The quantitative estimate of drug-likeness (QED) is 0.536. The summed E-state index contributed by atoms with van der Waals surface area (Å²) in [6.07, 6.45) is 7.40. The van der Waals surface area contributed by atoms with Crippen molar-refractivity contribution in [1.29, 1.82) is 0 Å². The molecule has 0 nitrogen and oxygen atoms in total. The van der Waals surface area contributed by atoms with Gasteiger partial charge in [-0.15, -0.1) is 0 Å². The molecule has 0 spiro atoms. The van der Waals surface area contributed by atoms with Gasteiger partial charge in [-0.1, -0.05) is 74.1 Å². The van der Waals surface area contributed by atoms with Gasteiger partial charge in [-0.2, -0.15) is 0 Å². The molecule has 0 heterocycles. The van der Waals surface area contributed by atoms with Crippen molar-refractivity contribution >= 4 is 0 Å². The Balaban J connectivity index is 0. The number of rotatable bonds is 2. The highest BCUT2D eigenvalue weighted by Crippen LogP contribution is 2.34. The Morgan fingerprint density at radius 3 is 1.93 bits per heavy atom. The highest BCUT2D eigenvalue weighted by Gasteiger charge is 2.22. The lowest BCUT2D eigenvalue weighted by Crippen LogP contribution is -2.19. The normalized spacial score (nSPS) is 24.8. The Morgan fingerprint density at radius 2 is 1.53 bits per heavy atom. The zero-order valence-electron chi connectivity index (χ0n) is 12.3. The Hall–Kier alpha value is 0. The van der Waals surface area contributed by atoms with Crippen molar-refractivity contribution in [2.24, 2.45) is 17.8 Å². The van der Waals surface area contributed by atoms with Gasteiger partial charge in [0.2, 0.25) is 0 Å². The minimum absolute atomic E-state index is 0.921. The molecule has 1 aliphatic rings. The van der Waals surface area contributed by atoms with Gasteiger partial charge in [0, 0.05) is 0 Å². The second-order valence-corrected chi connectivity index (χ2v) is 4.44. The van der Waals surface area contributed by atoms with Crippen LogP contribution in [0.25, 0.3) is 0 Å². The average Bonchev–Trinajstić information content (AvgIpc) is 2.34. The molecule has 1 unspecified atom stereocenters. The Bertz CT molecular complexity index is 105. The molecule has 2 atom stereocenters. The molecule has 0 saturated heterocycles. The van der Waals surface area contributed by atoms with Crippen LogP contribution in [0.15, 0.2) is 0 Å². The molecule has 0 heteroatoms. The lowest BCUT2D eigenvalue weighted by Gasteiger charge is -2.30. The molecule has 0 radical (unpaired) electrons. The average molecular weight is 214 g/mol. The van der Waals surface area contributed by atoms with E-state index in [-0.39, 0.29) is 0 Å². The third-order valence-corrected chi connectivity index (χ3v) is 3.34. The summed E-state index contributed by atoms with van der Waals surface area (Å²) < 4.78 is 0. The van der Waals surface area contributed by atoms with Gasteiger partial charge < -0.3 is 0 Å². The Morgan fingerprint density at radius 1 is 1.00 bits per heavy atom. The van der Waals surface area contributed by atoms with Crippen LogP contribution in [0.2, 0.25) is 0 Å². The van der Waals surface area contributed by atoms with Crippen LogP contribution in [0.3, 0.4) is 0 Å². The smallest absolute Gasteiger partial charge is 0.0388 e. The van der Waals surface area contributed by atoms with Gasteiger partial charge in [0.25, 0.3) is 0 Å². The fourth-order valence-corrected chi connectivity index (χ4v) is 2.31. The molecule has 1 saturated carbocycles. The molecule has 1 rings (SSSR count). The van der Waals surface area contributed by atoms with E-state index in [2.05, 4.69) is 20.8 Å². The van der Waals surface area contributed by atoms with E-state index in [0.717, 1.165) is 17.8 Å². The Kier molecular flexibility index (Phi) is 14.0. The van der Waals surface area contributed by atoms with Gasteiger partial charge in [0.05, 0.1) is 0 Å². The van der Waals surface area contributed by atoms with Crippen molar-refractivity contribution in [1.82, 2.24) is 0 Å². The zero-order chi connectivity index (χ0) is 12.3. The summed E-state index contributed by atoms with van der Waals surface area (Å²) in [7, 11) is 0. The summed E-state index contributed by atoms with van der Waals surface area (Å²) in [6, 6.07) is 0. The summed E-state index contributed by atoms with van der Waals surface area (Å²) in [6.45, 7) is 15.1. The molecule has 0 N–H and O–H groups in total. The zero-order valence-corrected chi connectivity index (χ0v) is 12.3. The second kappa shape index (κ2) is 12.1. The van der Waals surface area contributed by atoms with Gasteiger partial charge in [-0.05, 0) is 24.2 Å². The molecule has 1 aliphatic carbocycles. The molecule has 1 fully saturated rings. The van der Waals surface area contributed by atoms with Crippen LogP contribution in [0.1, 0.15) is 80.6 Å². The van der Waals surface area contributed by atoms with Crippen LogP contribution in [0.5, 0.6) is 0 Å². The van der Waals surface area contributed by atoms with Crippen molar-refractivity contribution < 1.29 is 0 Å². The van der Waals surface area contributed by atoms with Crippen LogP contribution in [0.4, 0.5) is 0 Å². The summed E-state index contributed by atoms with van der Waals surface area (Å²) in [4.78, 5) is 0. The van der Waals surface area contributed by atoms with Crippen LogP contribution in [-0.4, -0.2) is 0 Å². The van der Waals surface area contributed by atoms with Crippen molar-refractivity contribution in [3.8, 4) is 0 Å². The van der Waals surface area contributed by atoms with E-state index in [1.807, 2.05) is 27.7 Å². The molecular formula is C15H34. The van der Waals surface area contributed by atoms with E-state index in [1.54, 1.807) is 0 Å². The first-order chi connectivity index (χ1) is 7.24. The van der Waals surface area contributed by atoms with E-state index in [0.29, 0.717) is 0 Å². The maximum absolute atomic E-state index is 2.38. The molecule has 94 valence electrons. The van der Waals surface area contributed by atoms with Crippen LogP contribution in [-0.2, 0) is 0 Å². The van der Waals surface area contributed by atoms with E-state index in [1.165, 1.54) is 32.1 Å². The van der Waals surface area contributed by atoms with E-state index < -0.39 is 0 Å². The maximum atomic E-state index is 2.38. The van der Waals surface area contributed by atoms with Crippen molar-refractivity contribution in [3.63, 3.8) is 0 Å². The molecule has 0 bridgehead atoms. The van der Waals surface area contributed by atoms with Crippen molar-refractivity contribution in [2.45, 2.75) is 80.6 Å². The van der Waals surface area contributed by atoms with Crippen LogP contribution in [0, 0.1) is 17.8 Å². The van der Waals surface area contributed by atoms with Crippen LogP contribution >= 0.6 is 0 Å². The van der Waals surface area contributed by atoms with Crippen molar-refractivity contribution in [3.05, 3.63) is 0 Å². The highest BCUT2D eigenvalue weighted by molar-refractivity contribution is 4.74. The molecule has 0 aliphatic heterocycles. The first-order valence-electron chi connectivity index (χ1n) is 7.24. The first kappa shape index (κ1) is 17.4. The van der Waals surface area contributed by atoms with Crippen molar-refractivity contribution in [2.75, 3.05) is 0 Å². The third kappa shape index (κ3) is 7.88. The summed E-state index contributed by atoms with van der Waals surface area (Å²) >= 11 is 0. The fourth-order valence-electron chi connectivity index (χ4n) is 2.31. The fraction of sp³-hybridized carbons (Fsp3) is 1.00. The van der Waals surface area contributed by atoms with E-state index >= 15 is 0 Å². The molecule has 0 aromatic heterocycles. The maximum Gasteiger partial charge on any atom is -0.0388 e. The minimum Gasteiger partial charge on any atom is -0.0683 e. The summed E-state index contributed by atoms with van der Waals surface area (Å²) in [5.41, 5.74) is 0. The Labute approximate surface area is 98.9 Å². The van der Waals surface area contributed by atoms with E-state index in [9.17, 15) is 0 Å². The largest absolute Gasteiger partial charge is 0.0683 e. The lowest BCUT2D eigenvalue weighted by molar-refractivity contribution is 0.211. The minimum atomic E-state index is 0.921. The molecular weight excluding hydrogens is 180 g/mol. The third-order valence-electron chi connectivity index (χ3n) is 3.34. The summed E-state index contributed by atoms with van der Waals surface area (Å²) in [5, 5.41) is 0. The lowest BCUT2D eigenvalue weighted by atomic mass is 9.75. The van der Waals surface area contributed by atoms with Gasteiger partial charge in [-0.25, -0.2) is 0 Å². The predicted molar refractivity (Wildman–Crippen MR) is 73.3 cm³/mol. The second-order valence-electron chi connectivity index (χ2n) is 4.44.